The number of ketones is 1. The van der Waals surface area contributed by atoms with Crippen LogP contribution >= 0.6 is 0 Å². The molecule has 7 heteroatoms. The summed E-state index contributed by atoms with van der Waals surface area (Å²) < 4.78 is 15.8. The highest BCUT2D eigenvalue weighted by Crippen LogP contribution is 2.27. The fourth-order valence-corrected chi connectivity index (χ4v) is 2.48. The molecule has 144 valence electrons. The van der Waals surface area contributed by atoms with Gasteiger partial charge in [-0.05, 0) is 13.8 Å². The van der Waals surface area contributed by atoms with Gasteiger partial charge in [-0.25, -0.2) is 0 Å². The summed E-state index contributed by atoms with van der Waals surface area (Å²) in [6.07, 6.45) is 0.669. The van der Waals surface area contributed by atoms with Crippen LogP contribution in [0.2, 0.25) is 0 Å². The molecule has 1 aliphatic heterocycles. The SMILES string of the molecule is C=C[C@@H]1C[C@@H](OC(C)=O)[C@@H]([C@H](O)/C=C(\C)CC(=O)OCC(=C)C(C)=O)O1. The van der Waals surface area contributed by atoms with E-state index >= 15 is 0 Å². The van der Waals surface area contributed by atoms with Crippen LogP contribution in [-0.2, 0) is 28.6 Å². The largest absolute Gasteiger partial charge is 0.460 e. The van der Waals surface area contributed by atoms with E-state index in [4.69, 9.17) is 14.2 Å². The molecule has 1 aliphatic rings. The highest BCUT2D eigenvalue weighted by Gasteiger charge is 2.40. The molecule has 0 aromatic rings. The van der Waals surface area contributed by atoms with E-state index in [9.17, 15) is 19.5 Å². The number of rotatable bonds is 9. The van der Waals surface area contributed by atoms with Gasteiger partial charge >= 0.3 is 11.9 Å². The number of aliphatic hydroxyl groups is 1. The van der Waals surface area contributed by atoms with Gasteiger partial charge in [0.05, 0.1) is 12.5 Å². The molecule has 1 heterocycles. The van der Waals surface area contributed by atoms with E-state index in [2.05, 4.69) is 13.2 Å². The van der Waals surface area contributed by atoms with Crippen LogP contribution in [0.25, 0.3) is 0 Å². The van der Waals surface area contributed by atoms with Crippen LogP contribution in [0.1, 0.15) is 33.6 Å². The fraction of sp³-hybridized carbons (Fsp3) is 0.526. The van der Waals surface area contributed by atoms with E-state index in [0.717, 1.165) is 0 Å². The molecule has 1 saturated heterocycles. The second-order valence-electron chi connectivity index (χ2n) is 6.26. The summed E-state index contributed by atoms with van der Waals surface area (Å²) in [5.41, 5.74) is 0.766. The molecule has 0 spiro atoms. The summed E-state index contributed by atoms with van der Waals surface area (Å²) in [4.78, 5) is 34.0. The van der Waals surface area contributed by atoms with Crippen LogP contribution in [0.3, 0.4) is 0 Å². The summed E-state index contributed by atoms with van der Waals surface area (Å²) in [5.74, 6) is -1.25. The van der Waals surface area contributed by atoms with Gasteiger partial charge < -0.3 is 19.3 Å². The molecule has 1 N–H and O–H groups in total. The normalized spacial score (nSPS) is 23.8. The zero-order valence-corrected chi connectivity index (χ0v) is 15.4. The van der Waals surface area contributed by atoms with E-state index in [1.165, 1.54) is 19.9 Å². The van der Waals surface area contributed by atoms with Crippen molar-refractivity contribution in [3.05, 3.63) is 36.5 Å². The van der Waals surface area contributed by atoms with E-state index in [-0.39, 0.29) is 30.5 Å². The van der Waals surface area contributed by atoms with Gasteiger partial charge in [0.2, 0.25) is 0 Å². The van der Waals surface area contributed by atoms with Crippen molar-refractivity contribution in [3.63, 3.8) is 0 Å². The third kappa shape index (κ3) is 6.93. The van der Waals surface area contributed by atoms with Crippen molar-refractivity contribution in [1.82, 2.24) is 0 Å². The number of ether oxygens (including phenoxy) is 3. The molecule has 4 atom stereocenters. The number of carbonyl (C=O) groups is 3. The molecular weight excluding hydrogens is 340 g/mol. The Morgan fingerprint density at radius 1 is 1.31 bits per heavy atom. The van der Waals surface area contributed by atoms with Crippen molar-refractivity contribution >= 4 is 17.7 Å². The minimum Gasteiger partial charge on any atom is -0.460 e. The van der Waals surface area contributed by atoms with Crippen LogP contribution in [0.5, 0.6) is 0 Å². The molecule has 0 saturated carbocycles. The van der Waals surface area contributed by atoms with Gasteiger partial charge in [0.15, 0.2) is 5.78 Å². The monoisotopic (exact) mass is 366 g/mol. The maximum atomic E-state index is 11.8. The second-order valence-corrected chi connectivity index (χ2v) is 6.26. The van der Waals surface area contributed by atoms with Crippen molar-refractivity contribution in [2.75, 3.05) is 6.61 Å². The van der Waals surface area contributed by atoms with Crippen molar-refractivity contribution in [3.8, 4) is 0 Å². The molecule has 0 aliphatic carbocycles. The third-order valence-corrected chi connectivity index (χ3v) is 3.86. The Balaban J connectivity index is 2.64. The smallest absolute Gasteiger partial charge is 0.310 e. The lowest BCUT2D eigenvalue weighted by Gasteiger charge is -2.22. The average molecular weight is 366 g/mol. The fourth-order valence-electron chi connectivity index (χ4n) is 2.48. The predicted molar refractivity (Wildman–Crippen MR) is 94.2 cm³/mol. The first-order valence-electron chi connectivity index (χ1n) is 8.29. The molecule has 0 aromatic heterocycles. The number of aliphatic hydroxyl groups excluding tert-OH is 1. The lowest BCUT2D eigenvalue weighted by molar-refractivity contribution is -0.151. The first-order chi connectivity index (χ1) is 12.1. The van der Waals surface area contributed by atoms with Crippen LogP contribution in [0, 0.1) is 0 Å². The van der Waals surface area contributed by atoms with Crippen molar-refractivity contribution < 1.29 is 33.7 Å². The zero-order chi connectivity index (χ0) is 19.9. The highest BCUT2D eigenvalue weighted by molar-refractivity contribution is 5.93. The summed E-state index contributed by atoms with van der Waals surface area (Å²) in [7, 11) is 0. The van der Waals surface area contributed by atoms with Crippen LogP contribution in [-0.4, -0.2) is 53.9 Å². The molecule has 0 unspecified atom stereocenters. The molecule has 0 radical (unpaired) electrons. The summed E-state index contributed by atoms with van der Waals surface area (Å²) in [6, 6.07) is 0. The third-order valence-electron chi connectivity index (χ3n) is 3.86. The number of hydrogen-bond donors (Lipinski definition) is 1. The Bertz CT molecular complexity index is 605. The van der Waals surface area contributed by atoms with Crippen LogP contribution in [0.15, 0.2) is 36.5 Å². The summed E-state index contributed by atoms with van der Waals surface area (Å²) in [6.45, 7) is 11.3. The second kappa shape index (κ2) is 10.0. The zero-order valence-electron chi connectivity index (χ0n) is 15.4. The lowest BCUT2D eigenvalue weighted by Crippen LogP contribution is -2.36. The first-order valence-corrected chi connectivity index (χ1v) is 8.29. The van der Waals surface area contributed by atoms with Gasteiger partial charge in [-0.2, -0.15) is 0 Å². The van der Waals surface area contributed by atoms with Gasteiger partial charge in [0, 0.05) is 18.9 Å². The number of hydrogen-bond acceptors (Lipinski definition) is 7. The molecule has 7 nitrogen and oxygen atoms in total. The standard InChI is InChI=1S/C19H26O7/c1-6-15-9-17(25-14(5)21)19(26-15)16(22)7-11(2)8-18(23)24-10-12(3)13(4)20/h6-7,15-17,19,22H,1,3,8-10H2,2,4-5H3/b11-7+/t15-,16-,17-,19-/m1/s1. The Labute approximate surface area is 153 Å². The van der Waals surface area contributed by atoms with E-state index in [0.29, 0.717) is 12.0 Å². The number of Topliss-reactive ketones (excluding diaryl/α,β-unsaturated/α-hetero) is 1. The maximum absolute atomic E-state index is 11.8. The van der Waals surface area contributed by atoms with E-state index in [1.807, 2.05) is 0 Å². The maximum Gasteiger partial charge on any atom is 0.310 e. The van der Waals surface area contributed by atoms with E-state index < -0.39 is 30.3 Å². The van der Waals surface area contributed by atoms with E-state index in [1.54, 1.807) is 13.0 Å². The number of esters is 2. The Kier molecular flexibility index (Phi) is 8.41. The van der Waals surface area contributed by atoms with Gasteiger partial charge in [-0.15, -0.1) is 6.58 Å². The molecular formula is C19H26O7. The van der Waals surface area contributed by atoms with Crippen molar-refractivity contribution in [2.45, 2.75) is 58.0 Å². The summed E-state index contributed by atoms with van der Waals surface area (Å²) >= 11 is 0. The van der Waals surface area contributed by atoms with Crippen LogP contribution in [0.4, 0.5) is 0 Å². The first kappa shape index (κ1) is 21.8. The Morgan fingerprint density at radius 3 is 2.50 bits per heavy atom. The highest BCUT2D eigenvalue weighted by atomic mass is 16.6. The molecule has 26 heavy (non-hydrogen) atoms. The topological polar surface area (TPSA) is 99.1 Å². The minimum atomic E-state index is -1.07. The molecule has 0 amide bonds. The minimum absolute atomic E-state index is 0.0575. The van der Waals surface area contributed by atoms with Gasteiger partial charge in [0.1, 0.15) is 24.9 Å². The quantitative estimate of drug-likeness (QED) is 0.376. The number of carbonyl (C=O) groups excluding carboxylic acids is 3. The molecule has 1 fully saturated rings. The van der Waals surface area contributed by atoms with Crippen molar-refractivity contribution in [1.29, 1.82) is 0 Å². The molecule has 0 bridgehead atoms. The molecule has 0 aromatic carbocycles. The van der Waals surface area contributed by atoms with Gasteiger partial charge in [-0.3, -0.25) is 14.4 Å². The average Bonchev–Trinajstić information content (AvgIpc) is 2.94. The van der Waals surface area contributed by atoms with Crippen molar-refractivity contribution in [2.24, 2.45) is 0 Å². The Morgan fingerprint density at radius 2 is 1.96 bits per heavy atom. The van der Waals surface area contributed by atoms with Gasteiger partial charge in [-0.1, -0.05) is 24.3 Å². The Hall–Kier alpha value is -2.25. The predicted octanol–water partition coefficient (Wildman–Crippen LogP) is 1.65. The van der Waals surface area contributed by atoms with Crippen LogP contribution < -0.4 is 0 Å². The molecule has 1 rings (SSSR count). The van der Waals surface area contributed by atoms with Gasteiger partial charge in [0.25, 0.3) is 0 Å². The lowest BCUT2D eigenvalue weighted by atomic mass is 10.0. The summed E-state index contributed by atoms with van der Waals surface area (Å²) in [5, 5.41) is 10.4.